The summed E-state index contributed by atoms with van der Waals surface area (Å²) in [6.07, 6.45) is -1.42. The molecule has 0 aromatic heterocycles. The Balaban J connectivity index is 1.66. The Hall–Kier alpha value is -3.02. The highest BCUT2D eigenvalue weighted by molar-refractivity contribution is 5.95. The van der Waals surface area contributed by atoms with E-state index in [1.54, 1.807) is 19.1 Å². The third-order valence-corrected chi connectivity index (χ3v) is 5.49. The Morgan fingerprint density at radius 3 is 2.37 bits per heavy atom. The van der Waals surface area contributed by atoms with Crippen LogP contribution in [0.2, 0.25) is 0 Å². The van der Waals surface area contributed by atoms with Gasteiger partial charge in [0.15, 0.2) is 0 Å². The van der Waals surface area contributed by atoms with Gasteiger partial charge in [-0.3, -0.25) is 0 Å². The number of alkyl halides is 3. The summed E-state index contributed by atoms with van der Waals surface area (Å²) in [5.74, 6) is -0.719. The van der Waals surface area contributed by atoms with Crippen molar-refractivity contribution in [2.24, 2.45) is 0 Å². The maximum Gasteiger partial charge on any atom is 0.419 e. The molecule has 1 fully saturated rings. The van der Waals surface area contributed by atoms with Gasteiger partial charge in [-0.25, -0.2) is 4.79 Å². The van der Waals surface area contributed by atoms with Crippen LogP contribution in [0.25, 0.3) is 10.8 Å². The van der Waals surface area contributed by atoms with Gasteiger partial charge in [-0.05, 0) is 62.3 Å². The topological polar surface area (TPSA) is 35.5 Å². The van der Waals surface area contributed by atoms with Crippen molar-refractivity contribution in [1.82, 2.24) is 0 Å². The van der Waals surface area contributed by atoms with E-state index in [2.05, 4.69) is 0 Å². The van der Waals surface area contributed by atoms with E-state index in [1.165, 1.54) is 0 Å². The van der Waals surface area contributed by atoms with Gasteiger partial charge < -0.3 is 9.47 Å². The molecule has 3 aromatic carbocycles. The normalized spacial score (nSPS) is 15.9. The summed E-state index contributed by atoms with van der Waals surface area (Å²) in [4.78, 5) is 12.7. The van der Waals surface area contributed by atoms with Crippen LogP contribution in [-0.2, 0) is 6.18 Å². The molecule has 3 aromatic rings. The first-order chi connectivity index (χ1) is 14.3. The van der Waals surface area contributed by atoms with Gasteiger partial charge in [-0.1, -0.05) is 36.4 Å². The monoisotopic (exact) mass is 414 g/mol. The lowest BCUT2D eigenvalue weighted by Gasteiger charge is -2.27. The number of hydrogen-bond donors (Lipinski definition) is 0. The summed E-state index contributed by atoms with van der Waals surface area (Å²) < 4.78 is 51.8. The molecule has 4 rings (SSSR count). The molecule has 0 spiro atoms. The molecule has 30 heavy (non-hydrogen) atoms. The minimum Gasteiger partial charge on any atom is -0.487 e. The fourth-order valence-corrected chi connectivity index (χ4v) is 3.90. The van der Waals surface area contributed by atoms with Gasteiger partial charge in [0.2, 0.25) is 0 Å². The Labute approximate surface area is 172 Å². The Bertz CT molecular complexity index is 1080. The quantitative estimate of drug-likeness (QED) is 0.348. The molecule has 0 saturated heterocycles. The van der Waals surface area contributed by atoms with Crippen LogP contribution in [0, 0.1) is 0 Å². The summed E-state index contributed by atoms with van der Waals surface area (Å²) in [6, 6.07) is 15.9. The number of rotatable bonds is 4. The van der Waals surface area contributed by atoms with Crippen molar-refractivity contribution in [3.63, 3.8) is 0 Å². The van der Waals surface area contributed by atoms with Crippen LogP contribution in [0.15, 0.2) is 60.7 Å². The van der Waals surface area contributed by atoms with Crippen LogP contribution in [-0.4, -0.2) is 11.6 Å². The molecule has 0 aliphatic heterocycles. The predicted molar refractivity (Wildman–Crippen MR) is 108 cm³/mol. The number of hydrogen-bond acceptors (Lipinski definition) is 3. The summed E-state index contributed by atoms with van der Waals surface area (Å²) in [7, 11) is 0. The van der Waals surface area contributed by atoms with Gasteiger partial charge in [-0.15, -0.1) is 0 Å². The van der Waals surface area contributed by atoms with E-state index in [0.29, 0.717) is 18.6 Å². The molecule has 0 N–H and O–H groups in total. The summed E-state index contributed by atoms with van der Waals surface area (Å²) in [6.45, 7) is 1.81. The molecule has 3 nitrogen and oxygen atoms in total. The standard InChI is InChI=1S/C24H21F3O3/c1-23(13-4-5-14-23)30-21-15-17(11-12-19(21)24(25,26)27)22(28)29-20-10-6-8-16-7-2-3-9-18(16)20/h2-3,6-12,15H,4-5,13-14H2,1H3. The Morgan fingerprint density at radius 2 is 1.63 bits per heavy atom. The molecule has 0 amide bonds. The fourth-order valence-electron chi connectivity index (χ4n) is 3.90. The second-order valence-electron chi connectivity index (χ2n) is 7.83. The lowest BCUT2D eigenvalue weighted by atomic mass is 10.0. The third kappa shape index (κ3) is 4.13. The summed E-state index contributed by atoms with van der Waals surface area (Å²) in [5, 5.41) is 1.64. The highest BCUT2D eigenvalue weighted by atomic mass is 19.4. The van der Waals surface area contributed by atoms with Gasteiger partial charge in [0.05, 0.1) is 11.1 Å². The zero-order valence-corrected chi connectivity index (χ0v) is 16.5. The summed E-state index contributed by atoms with van der Waals surface area (Å²) >= 11 is 0. The van der Waals surface area contributed by atoms with Crippen molar-refractivity contribution in [3.8, 4) is 11.5 Å². The van der Waals surface area contributed by atoms with Crippen LogP contribution in [0.1, 0.15) is 48.5 Å². The maximum atomic E-state index is 13.5. The largest absolute Gasteiger partial charge is 0.487 e. The molecular weight excluding hydrogens is 393 g/mol. The summed E-state index contributed by atoms with van der Waals surface area (Å²) in [5.41, 5.74) is -1.55. The maximum absolute atomic E-state index is 13.5. The first kappa shape index (κ1) is 20.3. The molecule has 0 atom stereocenters. The van der Waals surface area contributed by atoms with E-state index in [1.807, 2.05) is 30.3 Å². The molecule has 0 unspecified atom stereocenters. The van der Waals surface area contributed by atoms with Crippen molar-refractivity contribution in [3.05, 3.63) is 71.8 Å². The minimum atomic E-state index is -4.58. The van der Waals surface area contributed by atoms with Crippen molar-refractivity contribution in [2.75, 3.05) is 0 Å². The van der Waals surface area contributed by atoms with Gasteiger partial charge in [0, 0.05) is 5.39 Å². The van der Waals surface area contributed by atoms with E-state index < -0.39 is 23.3 Å². The van der Waals surface area contributed by atoms with Crippen LogP contribution < -0.4 is 9.47 Å². The Kier molecular flexibility index (Phi) is 5.18. The SMILES string of the molecule is CC1(Oc2cc(C(=O)Oc3cccc4ccccc34)ccc2C(F)(F)F)CCCC1. The third-order valence-electron chi connectivity index (χ3n) is 5.49. The van der Waals surface area contributed by atoms with Crippen molar-refractivity contribution in [1.29, 1.82) is 0 Å². The number of halogens is 3. The zero-order chi connectivity index (χ0) is 21.4. The smallest absolute Gasteiger partial charge is 0.419 e. The second-order valence-corrected chi connectivity index (χ2v) is 7.83. The molecular formula is C24H21F3O3. The highest BCUT2D eigenvalue weighted by Crippen LogP contribution is 2.41. The predicted octanol–water partition coefficient (Wildman–Crippen LogP) is 6.79. The van der Waals surface area contributed by atoms with Crippen molar-refractivity contribution in [2.45, 2.75) is 44.4 Å². The average Bonchev–Trinajstić information content (AvgIpc) is 3.13. The van der Waals surface area contributed by atoms with E-state index in [9.17, 15) is 18.0 Å². The molecule has 1 saturated carbocycles. The molecule has 1 aliphatic rings. The van der Waals surface area contributed by atoms with Crippen LogP contribution in [0.3, 0.4) is 0 Å². The minimum absolute atomic E-state index is 0.00697. The van der Waals surface area contributed by atoms with E-state index in [4.69, 9.17) is 9.47 Å². The lowest BCUT2D eigenvalue weighted by Crippen LogP contribution is -2.29. The molecule has 0 bridgehead atoms. The van der Waals surface area contributed by atoms with Gasteiger partial charge in [0.25, 0.3) is 0 Å². The van der Waals surface area contributed by atoms with Crippen molar-refractivity contribution < 1.29 is 27.4 Å². The number of carbonyl (C=O) groups excluding carboxylic acids is 1. The highest BCUT2D eigenvalue weighted by Gasteiger charge is 2.38. The lowest BCUT2D eigenvalue weighted by molar-refractivity contribution is -0.139. The number of ether oxygens (including phenoxy) is 2. The average molecular weight is 414 g/mol. The van der Waals surface area contributed by atoms with Crippen LogP contribution in [0.4, 0.5) is 13.2 Å². The number of carbonyl (C=O) groups is 1. The molecule has 1 aliphatic carbocycles. The molecule has 6 heteroatoms. The Morgan fingerprint density at radius 1 is 0.933 bits per heavy atom. The van der Waals surface area contributed by atoms with Crippen LogP contribution in [0.5, 0.6) is 11.5 Å². The molecule has 0 heterocycles. The van der Waals surface area contributed by atoms with Gasteiger partial charge in [0.1, 0.15) is 17.1 Å². The second kappa shape index (κ2) is 7.67. The first-order valence-corrected chi connectivity index (χ1v) is 9.85. The fraction of sp³-hybridized carbons (Fsp3) is 0.292. The van der Waals surface area contributed by atoms with Crippen molar-refractivity contribution >= 4 is 16.7 Å². The number of esters is 1. The van der Waals surface area contributed by atoms with Crippen LogP contribution >= 0.6 is 0 Å². The number of fused-ring (bicyclic) bond motifs is 1. The first-order valence-electron chi connectivity index (χ1n) is 9.85. The molecule has 156 valence electrons. The van der Waals surface area contributed by atoms with E-state index in [-0.39, 0.29) is 11.3 Å². The van der Waals surface area contributed by atoms with Gasteiger partial charge >= 0.3 is 12.1 Å². The van der Waals surface area contributed by atoms with E-state index in [0.717, 1.165) is 41.8 Å². The zero-order valence-electron chi connectivity index (χ0n) is 16.5. The number of benzene rings is 3. The van der Waals surface area contributed by atoms with Gasteiger partial charge in [-0.2, -0.15) is 13.2 Å². The molecule has 0 radical (unpaired) electrons. The van der Waals surface area contributed by atoms with E-state index >= 15 is 0 Å².